The van der Waals surface area contributed by atoms with Gasteiger partial charge in [0.1, 0.15) is 5.82 Å². The number of H-pyrrole nitrogens is 1. The van der Waals surface area contributed by atoms with Gasteiger partial charge in [-0.15, -0.1) is 0 Å². The van der Waals surface area contributed by atoms with Crippen LogP contribution < -0.4 is 5.73 Å². The van der Waals surface area contributed by atoms with Crippen LogP contribution in [0.3, 0.4) is 0 Å². The van der Waals surface area contributed by atoms with Crippen molar-refractivity contribution in [1.29, 1.82) is 0 Å². The molecular formula is C12H20N4. The molecule has 0 atom stereocenters. The number of hydrogen-bond donors (Lipinski definition) is 2. The molecule has 0 aromatic carbocycles. The van der Waals surface area contributed by atoms with E-state index in [0.29, 0.717) is 5.92 Å². The van der Waals surface area contributed by atoms with Gasteiger partial charge in [-0.3, -0.25) is 4.99 Å². The van der Waals surface area contributed by atoms with Crippen molar-refractivity contribution >= 4 is 5.84 Å². The van der Waals surface area contributed by atoms with Crippen LogP contribution in [-0.2, 0) is 6.42 Å². The minimum atomic E-state index is 0.533. The first kappa shape index (κ1) is 11.2. The third-order valence-electron chi connectivity index (χ3n) is 3.22. The SMILES string of the molecule is NC(=NCCc1ncc[nH]1)C1CCCCC1. The van der Waals surface area contributed by atoms with Crippen molar-refractivity contribution in [3.05, 3.63) is 18.2 Å². The van der Waals surface area contributed by atoms with E-state index >= 15 is 0 Å². The number of hydrogen-bond acceptors (Lipinski definition) is 2. The van der Waals surface area contributed by atoms with Crippen LogP contribution in [0.5, 0.6) is 0 Å². The van der Waals surface area contributed by atoms with E-state index in [9.17, 15) is 0 Å². The standard InChI is InChI=1S/C12H20N4/c13-12(10-4-2-1-3-5-10)16-7-6-11-14-8-9-15-11/h8-10H,1-7H2,(H2,13,16)(H,14,15). The second-order valence-electron chi connectivity index (χ2n) is 4.43. The molecule has 0 spiro atoms. The molecule has 0 unspecified atom stereocenters. The zero-order valence-corrected chi connectivity index (χ0v) is 9.65. The van der Waals surface area contributed by atoms with Crippen LogP contribution in [0.15, 0.2) is 17.4 Å². The Kier molecular flexibility index (Phi) is 3.97. The fraction of sp³-hybridized carbons (Fsp3) is 0.667. The van der Waals surface area contributed by atoms with E-state index in [1.165, 1.54) is 32.1 Å². The fourth-order valence-electron chi connectivity index (χ4n) is 2.25. The first-order valence-electron chi connectivity index (χ1n) is 6.14. The molecule has 1 heterocycles. The largest absolute Gasteiger partial charge is 0.387 e. The van der Waals surface area contributed by atoms with Gasteiger partial charge in [0.25, 0.3) is 0 Å². The molecule has 1 aromatic heterocycles. The number of aromatic nitrogens is 2. The van der Waals surface area contributed by atoms with Gasteiger partial charge in [0.2, 0.25) is 0 Å². The Morgan fingerprint density at radius 3 is 2.94 bits per heavy atom. The molecule has 2 rings (SSSR count). The van der Waals surface area contributed by atoms with E-state index in [1.54, 1.807) is 6.20 Å². The van der Waals surface area contributed by atoms with Gasteiger partial charge in [-0.05, 0) is 12.8 Å². The number of amidine groups is 1. The van der Waals surface area contributed by atoms with Crippen molar-refractivity contribution < 1.29 is 0 Å². The molecule has 0 bridgehead atoms. The fourth-order valence-corrected chi connectivity index (χ4v) is 2.25. The van der Waals surface area contributed by atoms with Crippen LogP contribution in [0, 0.1) is 5.92 Å². The molecule has 88 valence electrons. The van der Waals surface area contributed by atoms with Gasteiger partial charge >= 0.3 is 0 Å². The monoisotopic (exact) mass is 220 g/mol. The van der Waals surface area contributed by atoms with E-state index in [4.69, 9.17) is 5.73 Å². The van der Waals surface area contributed by atoms with Crippen molar-refractivity contribution in [1.82, 2.24) is 9.97 Å². The van der Waals surface area contributed by atoms with Crippen LogP contribution in [-0.4, -0.2) is 22.3 Å². The van der Waals surface area contributed by atoms with Crippen molar-refractivity contribution in [3.8, 4) is 0 Å². The highest BCUT2D eigenvalue weighted by molar-refractivity contribution is 5.82. The predicted octanol–water partition coefficient (Wildman–Crippen LogP) is 1.89. The molecule has 0 saturated heterocycles. The van der Waals surface area contributed by atoms with Crippen molar-refractivity contribution in [3.63, 3.8) is 0 Å². The lowest BCUT2D eigenvalue weighted by Crippen LogP contribution is -2.26. The molecule has 1 aliphatic carbocycles. The van der Waals surface area contributed by atoms with E-state index in [2.05, 4.69) is 15.0 Å². The van der Waals surface area contributed by atoms with Crippen LogP contribution in [0.25, 0.3) is 0 Å². The topological polar surface area (TPSA) is 67.1 Å². The highest BCUT2D eigenvalue weighted by Crippen LogP contribution is 2.23. The summed E-state index contributed by atoms with van der Waals surface area (Å²) in [5.41, 5.74) is 6.01. The van der Waals surface area contributed by atoms with Crippen LogP contribution in [0.2, 0.25) is 0 Å². The summed E-state index contributed by atoms with van der Waals surface area (Å²) in [4.78, 5) is 11.7. The summed E-state index contributed by atoms with van der Waals surface area (Å²) < 4.78 is 0. The number of nitrogens with one attached hydrogen (secondary N) is 1. The Bertz CT molecular complexity index is 323. The zero-order valence-electron chi connectivity index (χ0n) is 9.65. The molecule has 1 saturated carbocycles. The average molecular weight is 220 g/mol. The van der Waals surface area contributed by atoms with Crippen LogP contribution in [0.1, 0.15) is 37.9 Å². The minimum Gasteiger partial charge on any atom is -0.387 e. The maximum atomic E-state index is 6.01. The summed E-state index contributed by atoms with van der Waals surface area (Å²) >= 11 is 0. The molecule has 4 nitrogen and oxygen atoms in total. The maximum absolute atomic E-state index is 6.01. The van der Waals surface area contributed by atoms with Crippen LogP contribution >= 0.6 is 0 Å². The highest BCUT2D eigenvalue weighted by atomic mass is 14.9. The van der Waals surface area contributed by atoms with Crippen molar-refractivity contribution in [2.45, 2.75) is 38.5 Å². The number of aliphatic imine (C=N–C) groups is 1. The minimum absolute atomic E-state index is 0.533. The molecule has 1 aromatic rings. The van der Waals surface area contributed by atoms with Crippen molar-refractivity contribution in [2.75, 3.05) is 6.54 Å². The first-order chi connectivity index (χ1) is 7.86. The normalized spacial score (nSPS) is 18.9. The van der Waals surface area contributed by atoms with Gasteiger partial charge in [0.05, 0.1) is 5.84 Å². The smallest absolute Gasteiger partial charge is 0.107 e. The van der Waals surface area contributed by atoms with E-state index in [0.717, 1.165) is 24.6 Å². The number of aromatic amines is 1. The maximum Gasteiger partial charge on any atom is 0.107 e. The molecular weight excluding hydrogens is 200 g/mol. The highest BCUT2D eigenvalue weighted by Gasteiger charge is 2.16. The molecule has 3 N–H and O–H groups in total. The summed E-state index contributed by atoms with van der Waals surface area (Å²) in [6, 6.07) is 0. The molecule has 4 heteroatoms. The molecule has 0 radical (unpaired) electrons. The number of nitrogens with zero attached hydrogens (tertiary/aromatic N) is 2. The second kappa shape index (κ2) is 5.68. The Labute approximate surface area is 96.4 Å². The van der Waals surface area contributed by atoms with E-state index in [1.807, 2.05) is 6.20 Å². The summed E-state index contributed by atoms with van der Waals surface area (Å²) in [6.07, 6.45) is 10.9. The summed E-state index contributed by atoms with van der Waals surface area (Å²) in [5, 5.41) is 0. The van der Waals surface area contributed by atoms with Crippen molar-refractivity contribution in [2.24, 2.45) is 16.6 Å². The lowest BCUT2D eigenvalue weighted by atomic mass is 9.88. The molecule has 0 aliphatic heterocycles. The predicted molar refractivity (Wildman–Crippen MR) is 65.4 cm³/mol. The third-order valence-corrected chi connectivity index (χ3v) is 3.22. The Hall–Kier alpha value is -1.32. The van der Waals surface area contributed by atoms with Gasteiger partial charge in [0.15, 0.2) is 0 Å². The number of nitrogens with two attached hydrogens (primary N) is 1. The average Bonchev–Trinajstić information content (AvgIpc) is 2.83. The summed E-state index contributed by atoms with van der Waals surface area (Å²) in [5.74, 6) is 2.37. The van der Waals surface area contributed by atoms with Gasteiger partial charge < -0.3 is 10.7 Å². The Balaban J connectivity index is 1.77. The van der Waals surface area contributed by atoms with Gasteiger partial charge in [0, 0.05) is 31.3 Å². The summed E-state index contributed by atoms with van der Waals surface area (Å²) in [7, 11) is 0. The summed E-state index contributed by atoms with van der Waals surface area (Å²) in [6.45, 7) is 0.746. The van der Waals surface area contributed by atoms with Gasteiger partial charge in [-0.2, -0.15) is 0 Å². The number of imidazole rings is 1. The van der Waals surface area contributed by atoms with Gasteiger partial charge in [-0.1, -0.05) is 19.3 Å². The molecule has 1 aliphatic rings. The van der Waals surface area contributed by atoms with E-state index in [-0.39, 0.29) is 0 Å². The van der Waals surface area contributed by atoms with Crippen LogP contribution in [0.4, 0.5) is 0 Å². The Morgan fingerprint density at radius 1 is 1.44 bits per heavy atom. The molecule has 1 fully saturated rings. The second-order valence-corrected chi connectivity index (χ2v) is 4.43. The van der Waals surface area contributed by atoms with Gasteiger partial charge in [-0.25, -0.2) is 4.98 Å². The quantitative estimate of drug-likeness (QED) is 0.601. The number of rotatable bonds is 4. The Morgan fingerprint density at radius 2 is 2.25 bits per heavy atom. The third kappa shape index (κ3) is 3.08. The molecule has 16 heavy (non-hydrogen) atoms. The zero-order chi connectivity index (χ0) is 11.2. The lowest BCUT2D eigenvalue weighted by molar-refractivity contribution is 0.436. The van der Waals surface area contributed by atoms with E-state index < -0.39 is 0 Å². The molecule has 0 amide bonds. The first-order valence-corrected chi connectivity index (χ1v) is 6.14. The lowest BCUT2D eigenvalue weighted by Gasteiger charge is -2.20.